The van der Waals surface area contributed by atoms with Crippen molar-refractivity contribution in [1.82, 2.24) is 0 Å². The predicted octanol–water partition coefficient (Wildman–Crippen LogP) is 6.00. The molecule has 2 N–H and O–H groups in total. The van der Waals surface area contributed by atoms with Crippen LogP contribution in [0.4, 0.5) is 11.4 Å². The van der Waals surface area contributed by atoms with Gasteiger partial charge in [0.25, 0.3) is 0 Å². The highest BCUT2D eigenvalue weighted by atomic mass is 14.9. The largest absolute Gasteiger partial charge is 0.385 e. The molecule has 0 unspecified atom stereocenters. The second kappa shape index (κ2) is 8.39. The molecular formula is C23H26N2. The zero-order valence-electron chi connectivity index (χ0n) is 14.9. The molecule has 0 radical (unpaired) electrons. The zero-order chi connectivity index (χ0) is 17.5. The van der Waals surface area contributed by atoms with Crippen LogP contribution in [0.3, 0.4) is 0 Å². The molecule has 0 fully saturated rings. The van der Waals surface area contributed by atoms with Crippen LogP contribution in [0, 0.1) is 0 Å². The van der Waals surface area contributed by atoms with Gasteiger partial charge in [0.2, 0.25) is 0 Å². The predicted molar refractivity (Wildman–Crippen MR) is 110 cm³/mol. The van der Waals surface area contributed by atoms with Crippen LogP contribution in [0.15, 0.2) is 73.4 Å². The van der Waals surface area contributed by atoms with Crippen LogP contribution in [0.5, 0.6) is 0 Å². The van der Waals surface area contributed by atoms with E-state index >= 15 is 0 Å². The number of aryl methyl sites for hydroxylation is 2. The van der Waals surface area contributed by atoms with Gasteiger partial charge in [0.15, 0.2) is 0 Å². The Morgan fingerprint density at radius 3 is 2.48 bits per heavy atom. The van der Waals surface area contributed by atoms with Crippen molar-refractivity contribution in [2.24, 2.45) is 0 Å². The second-order valence-electron chi connectivity index (χ2n) is 6.22. The van der Waals surface area contributed by atoms with E-state index in [0.29, 0.717) is 0 Å². The van der Waals surface area contributed by atoms with Gasteiger partial charge in [0.1, 0.15) is 0 Å². The molecule has 0 saturated heterocycles. The van der Waals surface area contributed by atoms with Crippen molar-refractivity contribution in [1.29, 1.82) is 0 Å². The fraction of sp³-hybridized carbons (Fsp3) is 0.217. The molecular weight excluding hydrogens is 304 g/mol. The smallest absolute Gasteiger partial charge is 0.0463 e. The lowest BCUT2D eigenvalue weighted by Crippen LogP contribution is -2.04. The molecule has 128 valence electrons. The summed E-state index contributed by atoms with van der Waals surface area (Å²) in [5, 5.41) is 9.46. The standard InChI is InChI=1S/C23H26N2/c1-3-19-13-8-14-20-21(15-16-22(23(19)20)24-4-2)25-17-9-12-18-10-6-5-7-11-18/h4-8,10-11,13-16,24-25H,2-3,9,12,17H2,1H3. The maximum Gasteiger partial charge on any atom is 0.0463 e. The molecule has 25 heavy (non-hydrogen) atoms. The van der Waals surface area contributed by atoms with Gasteiger partial charge >= 0.3 is 0 Å². The van der Waals surface area contributed by atoms with Gasteiger partial charge in [-0.25, -0.2) is 0 Å². The number of fused-ring (bicyclic) bond motifs is 1. The molecule has 0 aliphatic heterocycles. The van der Waals surface area contributed by atoms with Crippen LogP contribution in [-0.4, -0.2) is 6.54 Å². The lowest BCUT2D eigenvalue weighted by molar-refractivity contribution is 0.864. The van der Waals surface area contributed by atoms with E-state index in [-0.39, 0.29) is 0 Å². The number of nitrogens with one attached hydrogen (secondary N) is 2. The van der Waals surface area contributed by atoms with Crippen LogP contribution in [-0.2, 0) is 12.8 Å². The first kappa shape index (κ1) is 17.1. The van der Waals surface area contributed by atoms with Crippen molar-refractivity contribution < 1.29 is 0 Å². The Morgan fingerprint density at radius 1 is 0.920 bits per heavy atom. The van der Waals surface area contributed by atoms with Gasteiger partial charge < -0.3 is 10.6 Å². The van der Waals surface area contributed by atoms with Gasteiger partial charge in [-0.05, 0) is 48.7 Å². The molecule has 0 aliphatic carbocycles. The summed E-state index contributed by atoms with van der Waals surface area (Å²) in [4.78, 5) is 0. The Labute approximate surface area is 150 Å². The monoisotopic (exact) mass is 330 g/mol. The summed E-state index contributed by atoms with van der Waals surface area (Å²) in [6.07, 6.45) is 4.97. The molecule has 3 aromatic rings. The average molecular weight is 330 g/mol. The van der Waals surface area contributed by atoms with Gasteiger partial charge in [-0.3, -0.25) is 0 Å². The lowest BCUT2D eigenvalue weighted by Gasteiger charge is -2.15. The third-order valence-corrected chi connectivity index (χ3v) is 4.57. The molecule has 0 aromatic heterocycles. The Hall–Kier alpha value is -2.74. The normalized spacial score (nSPS) is 10.6. The van der Waals surface area contributed by atoms with Gasteiger partial charge in [-0.15, -0.1) is 0 Å². The number of anilines is 2. The van der Waals surface area contributed by atoms with Crippen LogP contribution in [0.1, 0.15) is 24.5 Å². The lowest BCUT2D eigenvalue weighted by atomic mass is 9.99. The van der Waals surface area contributed by atoms with Crippen molar-refractivity contribution in [2.75, 3.05) is 17.2 Å². The van der Waals surface area contributed by atoms with Crippen LogP contribution in [0.25, 0.3) is 10.8 Å². The molecule has 0 heterocycles. The van der Waals surface area contributed by atoms with E-state index < -0.39 is 0 Å². The minimum absolute atomic E-state index is 0.967. The quantitative estimate of drug-likeness (QED) is 0.495. The molecule has 0 atom stereocenters. The first-order valence-corrected chi connectivity index (χ1v) is 9.03. The van der Waals surface area contributed by atoms with E-state index in [1.165, 1.54) is 27.6 Å². The second-order valence-corrected chi connectivity index (χ2v) is 6.22. The minimum atomic E-state index is 0.967. The van der Waals surface area contributed by atoms with Crippen molar-refractivity contribution in [2.45, 2.75) is 26.2 Å². The van der Waals surface area contributed by atoms with Crippen molar-refractivity contribution in [3.05, 3.63) is 84.6 Å². The highest BCUT2D eigenvalue weighted by Crippen LogP contribution is 2.33. The van der Waals surface area contributed by atoms with Gasteiger partial charge in [-0.1, -0.05) is 62.0 Å². The minimum Gasteiger partial charge on any atom is -0.385 e. The molecule has 0 spiro atoms. The summed E-state index contributed by atoms with van der Waals surface area (Å²) in [5.41, 5.74) is 5.08. The van der Waals surface area contributed by atoms with Gasteiger partial charge in [0.05, 0.1) is 0 Å². The fourth-order valence-corrected chi connectivity index (χ4v) is 3.32. The van der Waals surface area contributed by atoms with Crippen molar-refractivity contribution >= 4 is 22.1 Å². The Bertz CT molecular complexity index is 837. The maximum atomic E-state index is 3.80. The summed E-state index contributed by atoms with van der Waals surface area (Å²) in [7, 11) is 0. The van der Waals surface area contributed by atoms with E-state index in [0.717, 1.165) is 31.5 Å². The highest BCUT2D eigenvalue weighted by molar-refractivity contribution is 6.04. The van der Waals surface area contributed by atoms with E-state index in [1.54, 1.807) is 6.20 Å². The number of benzene rings is 3. The topological polar surface area (TPSA) is 24.1 Å². The summed E-state index contributed by atoms with van der Waals surface area (Å²) >= 11 is 0. The van der Waals surface area contributed by atoms with Crippen LogP contribution in [0.2, 0.25) is 0 Å². The molecule has 0 amide bonds. The van der Waals surface area contributed by atoms with Gasteiger partial charge in [0, 0.05) is 28.7 Å². The van der Waals surface area contributed by atoms with E-state index in [2.05, 4.69) is 84.8 Å². The maximum absolute atomic E-state index is 3.80. The average Bonchev–Trinajstić information content (AvgIpc) is 2.67. The van der Waals surface area contributed by atoms with Gasteiger partial charge in [-0.2, -0.15) is 0 Å². The van der Waals surface area contributed by atoms with E-state index in [9.17, 15) is 0 Å². The number of hydrogen-bond donors (Lipinski definition) is 2. The molecule has 0 saturated carbocycles. The van der Waals surface area contributed by atoms with E-state index in [1.807, 2.05) is 0 Å². The third-order valence-electron chi connectivity index (χ3n) is 4.57. The molecule has 0 bridgehead atoms. The molecule has 3 rings (SSSR count). The number of hydrogen-bond acceptors (Lipinski definition) is 2. The first-order valence-electron chi connectivity index (χ1n) is 9.03. The molecule has 3 aromatic carbocycles. The Morgan fingerprint density at radius 2 is 1.72 bits per heavy atom. The summed E-state index contributed by atoms with van der Waals surface area (Å²) in [6, 6.07) is 21.5. The van der Waals surface area contributed by atoms with Crippen LogP contribution >= 0.6 is 0 Å². The summed E-state index contributed by atoms with van der Waals surface area (Å²) in [5.74, 6) is 0. The molecule has 2 heteroatoms. The third kappa shape index (κ3) is 4.03. The first-order chi connectivity index (χ1) is 12.3. The SMILES string of the molecule is C=CNc1ccc(NCCCc2ccccc2)c2cccc(CC)c12. The number of rotatable bonds is 8. The fourth-order valence-electron chi connectivity index (χ4n) is 3.32. The van der Waals surface area contributed by atoms with Crippen molar-refractivity contribution in [3.63, 3.8) is 0 Å². The Kier molecular flexibility index (Phi) is 5.73. The molecule has 2 nitrogen and oxygen atoms in total. The highest BCUT2D eigenvalue weighted by Gasteiger charge is 2.08. The Balaban J connectivity index is 1.77. The van der Waals surface area contributed by atoms with Crippen molar-refractivity contribution in [3.8, 4) is 0 Å². The summed E-state index contributed by atoms with van der Waals surface area (Å²) in [6.45, 7) is 6.97. The van der Waals surface area contributed by atoms with Crippen LogP contribution < -0.4 is 10.6 Å². The summed E-state index contributed by atoms with van der Waals surface area (Å²) < 4.78 is 0. The molecule has 0 aliphatic rings. The zero-order valence-corrected chi connectivity index (χ0v) is 14.9. The van der Waals surface area contributed by atoms with E-state index in [4.69, 9.17) is 0 Å².